The standard InChI is InChI=1S/C68H60BF2NO/c1-65(2,3)47-31-44-33-49(39-47)67(7,8)68(9,10)50-34-45(32-48(40-50)66(4,5)6)43-28-30-61-56(36-43)69-55-35-42(44)27-29-59(55)72(60-37-46(38-62(73-61)63(60)69)41-19-12-11-13-20-41)64-53(51-21-14-16-25-57(51)70)23-18-24-54(64)52-22-15-17-26-58(52)71/h11-40H,1-10H3. The zero-order chi connectivity index (χ0) is 50.9. The van der Waals surface area contributed by atoms with Crippen molar-refractivity contribution >= 4 is 40.2 Å². The Labute approximate surface area is 430 Å². The van der Waals surface area contributed by atoms with Gasteiger partial charge < -0.3 is 9.64 Å². The van der Waals surface area contributed by atoms with Crippen LogP contribution in [-0.4, -0.2) is 6.71 Å². The summed E-state index contributed by atoms with van der Waals surface area (Å²) in [6.07, 6.45) is 0. The van der Waals surface area contributed by atoms with Gasteiger partial charge in [0.2, 0.25) is 0 Å². The second kappa shape index (κ2) is 16.5. The van der Waals surface area contributed by atoms with E-state index < -0.39 is 0 Å². The van der Waals surface area contributed by atoms with E-state index in [4.69, 9.17) is 4.74 Å². The molecule has 0 radical (unpaired) electrons. The van der Waals surface area contributed by atoms with Crippen LogP contribution in [0.2, 0.25) is 0 Å². The number of halogens is 2. The number of anilines is 3. The summed E-state index contributed by atoms with van der Waals surface area (Å²) >= 11 is 0. The minimum Gasteiger partial charge on any atom is -0.458 e. The number of fused-ring (bicyclic) bond motifs is 8. The van der Waals surface area contributed by atoms with Crippen LogP contribution >= 0.6 is 0 Å². The topological polar surface area (TPSA) is 12.5 Å². The molecule has 3 aliphatic heterocycles. The van der Waals surface area contributed by atoms with Gasteiger partial charge in [-0.05, 0) is 130 Å². The van der Waals surface area contributed by atoms with Crippen molar-refractivity contribution in [3.63, 3.8) is 0 Å². The highest BCUT2D eigenvalue weighted by Gasteiger charge is 2.45. The Balaban J connectivity index is 1.25. The van der Waals surface area contributed by atoms with Crippen molar-refractivity contribution in [1.29, 1.82) is 0 Å². The SMILES string of the molecule is CC(C)(C)c1cc2cc(c1)C(C)(C)C(C)(C)c1cc(cc(C(C)(C)C)c1)-c1ccc3c(c1)B1c4cc-2ccc4Oc2cc(-c4ccccc4)cc(c21)N3c1c(-c2ccccc2F)cccc1-c1ccccc1F. The third-order valence-electron chi connectivity index (χ3n) is 16.7. The van der Waals surface area contributed by atoms with Gasteiger partial charge in [0.05, 0.1) is 5.69 Å². The zero-order valence-electron chi connectivity index (χ0n) is 43.5. The van der Waals surface area contributed by atoms with E-state index in [9.17, 15) is 0 Å². The molecule has 0 N–H and O–H groups in total. The van der Waals surface area contributed by atoms with E-state index in [1.54, 1.807) is 12.1 Å². The van der Waals surface area contributed by atoms with E-state index >= 15 is 8.78 Å². The molecule has 3 aliphatic rings. The van der Waals surface area contributed by atoms with Gasteiger partial charge >= 0.3 is 0 Å². The van der Waals surface area contributed by atoms with E-state index in [1.807, 2.05) is 48.5 Å². The van der Waals surface area contributed by atoms with Crippen LogP contribution in [0.3, 0.4) is 0 Å². The number of hydrogen-bond donors (Lipinski definition) is 0. The van der Waals surface area contributed by atoms with Gasteiger partial charge in [0.15, 0.2) is 0 Å². The van der Waals surface area contributed by atoms with Gasteiger partial charge in [-0.15, -0.1) is 0 Å². The molecule has 8 bridgehead atoms. The molecule has 2 nitrogen and oxygen atoms in total. The lowest BCUT2D eigenvalue weighted by atomic mass is 9.34. The summed E-state index contributed by atoms with van der Waals surface area (Å²) in [5.74, 6) is 0.827. The maximum atomic E-state index is 16.5. The molecular weight excluding hydrogens is 896 g/mol. The Morgan fingerprint density at radius 2 is 0.904 bits per heavy atom. The van der Waals surface area contributed by atoms with Crippen molar-refractivity contribution in [1.82, 2.24) is 0 Å². The second-order valence-electron chi connectivity index (χ2n) is 23.7. The Morgan fingerprint density at radius 3 is 1.45 bits per heavy atom. The molecular formula is C68H60BF2NO. The quantitative estimate of drug-likeness (QED) is 0.163. The molecule has 9 aromatic carbocycles. The third-order valence-corrected chi connectivity index (χ3v) is 16.7. The zero-order valence-corrected chi connectivity index (χ0v) is 43.5. The monoisotopic (exact) mass is 955 g/mol. The van der Waals surface area contributed by atoms with Gasteiger partial charge in [0, 0.05) is 33.6 Å². The summed E-state index contributed by atoms with van der Waals surface area (Å²) in [4.78, 5) is 2.28. The fraction of sp³-hybridized carbons (Fsp3) is 0.206. The summed E-state index contributed by atoms with van der Waals surface area (Å²) < 4.78 is 40.4. The largest absolute Gasteiger partial charge is 0.458 e. The van der Waals surface area contributed by atoms with Crippen molar-refractivity contribution < 1.29 is 13.5 Å². The van der Waals surface area contributed by atoms with Crippen molar-refractivity contribution in [3.05, 3.63) is 216 Å². The molecule has 0 amide bonds. The molecule has 0 spiro atoms. The molecule has 0 aromatic heterocycles. The molecule has 3 heterocycles. The first kappa shape index (κ1) is 46.6. The number of nitrogens with zero attached hydrogens (tertiary/aromatic N) is 1. The number of para-hydroxylation sites is 1. The van der Waals surface area contributed by atoms with E-state index in [0.717, 1.165) is 67.1 Å². The summed E-state index contributed by atoms with van der Waals surface area (Å²) in [5.41, 5.74) is 18.5. The molecule has 73 heavy (non-hydrogen) atoms. The van der Waals surface area contributed by atoms with E-state index in [2.05, 4.69) is 183 Å². The Bertz CT molecular complexity index is 3660. The van der Waals surface area contributed by atoms with Gasteiger partial charge in [0.1, 0.15) is 23.1 Å². The van der Waals surface area contributed by atoms with Crippen LogP contribution in [-0.2, 0) is 21.7 Å². The first-order chi connectivity index (χ1) is 34.8. The van der Waals surface area contributed by atoms with Gasteiger partial charge in [-0.25, -0.2) is 8.78 Å². The van der Waals surface area contributed by atoms with Crippen LogP contribution in [0.1, 0.15) is 91.5 Å². The molecule has 9 aromatic rings. The predicted octanol–water partition coefficient (Wildman–Crippen LogP) is 16.9. The van der Waals surface area contributed by atoms with Crippen molar-refractivity contribution in [3.8, 4) is 67.1 Å². The van der Waals surface area contributed by atoms with Gasteiger partial charge in [-0.1, -0.05) is 215 Å². The molecule has 0 atom stereocenters. The van der Waals surface area contributed by atoms with Crippen LogP contribution < -0.4 is 26.0 Å². The fourth-order valence-corrected chi connectivity index (χ4v) is 11.6. The maximum Gasteiger partial charge on any atom is 0.256 e. The molecule has 360 valence electrons. The maximum absolute atomic E-state index is 16.5. The van der Waals surface area contributed by atoms with Crippen LogP contribution in [0.4, 0.5) is 25.8 Å². The molecule has 5 heteroatoms. The summed E-state index contributed by atoms with van der Waals surface area (Å²) in [6.45, 7) is 23.2. The predicted molar refractivity (Wildman–Crippen MR) is 303 cm³/mol. The lowest BCUT2D eigenvalue weighted by Gasteiger charge is -2.44. The minimum atomic E-state index is -0.360. The highest BCUT2D eigenvalue weighted by atomic mass is 19.1. The molecule has 0 unspecified atom stereocenters. The van der Waals surface area contributed by atoms with Gasteiger partial charge in [0.25, 0.3) is 6.71 Å². The number of rotatable bonds is 4. The number of hydrogen-bond acceptors (Lipinski definition) is 2. The molecule has 0 fully saturated rings. The van der Waals surface area contributed by atoms with E-state index in [0.29, 0.717) is 27.9 Å². The highest BCUT2D eigenvalue weighted by molar-refractivity contribution is 6.99. The van der Waals surface area contributed by atoms with Crippen LogP contribution in [0.5, 0.6) is 11.5 Å². The average Bonchev–Trinajstić information content (AvgIpc) is 3.38. The molecule has 0 aliphatic carbocycles. The number of ether oxygens (including phenoxy) is 1. The lowest BCUT2D eigenvalue weighted by Crippen LogP contribution is -2.59. The minimum absolute atomic E-state index is 0.115. The molecule has 0 saturated heterocycles. The third kappa shape index (κ3) is 7.48. The Kier molecular flexibility index (Phi) is 10.5. The summed E-state index contributed by atoms with van der Waals surface area (Å²) in [7, 11) is 0. The average molecular weight is 956 g/mol. The van der Waals surface area contributed by atoms with Gasteiger partial charge in [-0.3, -0.25) is 0 Å². The molecule has 12 rings (SSSR count). The van der Waals surface area contributed by atoms with Crippen LogP contribution in [0, 0.1) is 11.6 Å². The Morgan fingerprint density at radius 1 is 0.411 bits per heavy atom. The first-order valence-corrected chi connectivity index (χ1v) is 25.7. The first-order valence-electron chi connectivity index (χ1n) is 25.7. The van der Waals surface area contributed by atoms with Crippen LogP contribution in [0.15, 0.2) is 182 Å². The second-order valence-corrected chi connectivity index (χ2v) is 23.7. The lowest BCUT2D eigenvalue weighted by molar-refractivity contribution is 0.302. The normalized spacial score (nSPS) is 14.8. The molecule has 0 saturated carbocycles. The van der Waals surface area contributed by atoms with Crippen LogP contribution in [0.25, 0.3) is 55.6 Å². The summed E-state index contributed by atoms with van der Waals surface area (Å²) in [6, 6.07) is 62.6. The van der Waals surface area contributed by atoms with Crippen molar-refractivity contribution in [2.75, 3.05) is 4.90 Å². The van der Waals surface area contributed by atoms with Crippen molar-refractivity contribution in [2.24, 2.45) is 0 Å². The van der Waals surface area contributed by atoms with Crippen molar-refractivity contribution in [2.45, 2.75) is 90.9 Å². The summed E-state index contributed by atoms with van der Waals surface area (Å²) in [5, 5.41) is 0. The fourth-order valence-electron chi connectivity index (χ4n) is 11.6. The van der Waals surface area contributed by atoms with E-state index in [-0.39, 0.29) is 40.0 Å². The van der Waals surface area contributed by atoms with Gasteiger partial charge in [-0.2, -0.15) is 0 Å². The Hall–Kier alpha value is -7.50. The smallest absolute Gasteiger partial charge is 0.256 e. The highest BCUT2D eigenvalue weighted by Crippen LogP contribution is 2.52. The number of benzene rings is 9. The van der Waals surface area contributed by atoms with E-state index in [1.165, 1.54) is 39.9 Å².